The summed E-state index contributed by atoms with van der Waals surface area (Å²) in [5.74, 6) is 0. The van der Waals surface area contributed by atoms with Gasteiger partial charge in [-0.1, -0.05) is 23.2 Å². The summed E-state index contributed by atoms with van der Waals surface area (Å²) in [5, 5.41) is 29.1. The van der Waals surface area contributed by atoms with Crippen molar-refractivity contribution in [3.63, 3.8) is 0 Å². The van der Waals surface area contributed by atoms with Gasteiger partial charge in [-0.05, 0) is 12.1 Å². The number of benzene rings is 1. The zero-order valence-corrected chi connectivity index (χ0v) is 9.84. The molecule has 1 aromatic carbocycles. The molecule has 0 atom stereocenters. The molecule has 0 saturated carbocycles. The number of rotatable bonds is 2. The van der Waals surface area contributed by atoms with Crippen molar-refractivity contribution in [1.82, 2.24) is 0 Å². The zero-order chi connectivity index (χ0) is 12.8. The van der Waals surface area contributed by atoms with Crippen LogP contribution in [0.25, 0.3) is 0 Å². The van der Waals surface area contributed by atoms with E-state index in [0.717, 1.165) is 0 Å². The molecule has 0 amide bonds. The molecule has 0 bridgehead atoms. The van der Waals surface area contributed by atoms with Crippen molar-refractivity contribution in [3.8, 4) is 18.2 Å². The zero-order valence-electron chi connectivity index (χ0n) is 8.33. The Kier molecular flexibility index (Phi) is 4.37. The second kappa shape index (κ2) is 5.77. The van der Waals surface area contributed by atoms with Gasteiger partial charge in [-0.2, -0.15) is 15.8 Å². The molecule has 0 saturated heterocycles. The minimum atomic E-state index is -0.111. The highest BCUT2D eigenvalue weighted by molar-refractivity contribution is 6.42. The van der Waals surface area contributed by atoms with Crippen LogP contribution in [0.15, 0.2) is 23.9 Å². The van der Waals surface area contributed by atoms with E-state index >= 15 is 0 Å². The Balaban J connectivity index is 3.14. The topological polar surface area (TPSA) is 83.4 Å². The summed E-state index contributed by atoms with van der Waals surface area (Å²) >= 11 is 11.5. The normalized spacial score (nSPS) is 8.41. The van der Waals surface area contributed by atoms with E-state index in [2.05, 4.69) is 5.32 Å². The fourth-order valence-electron chi connectivity index (χ4n) is 0.998. The summed E-state index contributed by atoms with van der Waals surface area (Å²) in [6, 6.07) is 8.14. The van der Waals surface area contributed by atoms with E-state index in [0.29, 0.717) is 5.69 Å². The summed E-state index contributed by atoms with van der Waals surface area (Å²) in [7, 11) is 0. The van der Waals surface area contributed by atoms with Gasteiger partial charge in [0.1, 0.15) is 23.8 Å². The van der Waals surface area contributed by atoms with Crippen molar-refractivity contribution < 1.29 is 0 Å². The lowest BCUT2D eigenvalue weighted by molar-refractivity contribution is 1.43. The predicted octanol–water partition coefficient (Wildman–Crippen LogP) is 3.21. The van der Waals surface area contributed by atoms with Crippen molar-refractivity contribution in [2.75, 3.05) is 5.32 Å². The van der Waals surface area contributed by atoms with Gasteiger partial charge in [0.15, 0.2) is 0 Å². The summed E-state index contributed by atoms with van der Waals surface area (Å²) in [6.45, 7) is 0. The van der Waals surface area contributed by atoms with Crippen LogP contribution < -0.4 is 5.32 Å². The molecular weight excluding hydrogens is 259 g/mol. The summed E-state index contributed by atoms with van der Waals surface area (Å²) < 4.78 is 0. The van der Waals surface area contributed by atoms with Crippen LogP contribution >= 0.6 is 23.2 Å². The van der Waals surface area contributed by atoms with E-state index in [1.54, 1.807) is 12.1 Å². The smallest absolute Gasteiger partial charge is 0.145 e. The number of nitrogens with one attached hydrogen (secondary N) is 1. The van der Waals surface area contributed by atoms with Crippen LogP contribution in [0.1, 0.15) is 5.56 Å². The van der Waals surface area contributed by atoms with E-state index in [1.165, 1.54) is 18.3 Å². The molecule has 0 fully saturated rings. The molecule has 6 heteroatoms. The van der Waals surface area contributed by atoms with E-state index in [1.807, 2.05) is 6.07 Å². The molecule has 17 heavy (non-hydrogen) atoms. The second-order valence-electron chi connectivity index (χ2n) is 2.85. The lowest BCUT2D eigenvalue weighted by Gasteiger charge is -2.05. The lowest BCUT2D eigenvalue weighted by atomic mass is 10.2. The number of nitrogens with zero attached hydrogens (tertiary/aromatic N) is 3. The second-order valence-corrected chi connectivity index (χ2v) is 3.66. The first-order chi connectivity index (χ1) is 8.12. The van der Waals surface area contributed by atoms with Gasteiger partial charge in [-0.25, -0.2) is 0 Å². The molecule has 0 aromatic heterocycles. The molecular formula is C11H4Cl2N4. The molecule has 4 nitrogen and oxygen atoms in total. The van der Waals surface area contributed by atoms with Crippen LogP contribution in [0.2, 0.25) is 10.0 Å². The lowest BCUT2D eigenvalue weighted by Crippen LogP contribution is -1.93. The van der Waals surface area contributed by atoms with Gasteiger partial charge in [0.25, 0.3) is 0 Å². The molecule has 0 unspecified atom stereocenters. The average Bonchev–Trinajstić information content (AvgIpc) is 2.34. The van der Waals surface area contributed by atoms with Gasteiger partial charge in [-0.3, -0.25) is 0 Å². The van der Waals surface area contributed by atoms with Gasteiger partial charge < -0.3 is 5.32 Å². The van der Waals surface area contributed by atoms with Crippen molar-refractivity contribution in [3.05, 3.63) is 39.5 Å². The Labute approximate surface area is 108 Å². The molecule has 1 N–H and O–H groups in total. The van der Waals surface area contributed by atoms with Crippen molar-refractivity contribution in [2.45, 2.75) is 0 Å². The molecule has 0 aliphatic carbocycles. The molecule has 1 rings (SSSR count). The Morgan fingerprint density at radius 2 is 1.71 bits per heavy atom. The molecule has 82 valence electrons. The number of anilines is 1. The number of hydrogen-bond donors (Lipinski definition) is 1. The maximum absolute atomic E-state index is 8.87. The van der Waals surface area contributed by atoms with Crippen molar-refractivity contribution >= 4 is 28.9 Å². The molecule has 0 spiro atoms. The van der Waals surface area contributed by atoms with E-state index in [-0.39, 0.29) is 21.2 Å². The Hall–Kier alpha value is -2.19. The highest BCUT2D eigenvalue weighted by atomic mass is 35.5. The Bertz CT molecular complexity index is 584. The van der Waals surface area contributed by atoms with Gasteiger partial charge in [0.2, 0.25) is 0 Å². The number of hydrogen-bond acceptors (Lipinski definition) is 4. The molecule has 0 aliphatic heterocycles. The van der Waals surface area contributed by atoms with Crippen LogP contribution in [-0.2, 0) is 0 Å². The van der Waals surface area contributed by atoms with Crippen LogP contribution in [0, 0.1) is 34.0 Å². The fourth-order valence-corrected chi connectivity index (χ4v) is 1.33. The summed E-state index contributed by atoms with van der Waals surface area (Å²) in [4.78, 5) is 0. The van der Waals surface area contributed by atoms with E-state index < -0.39 is 0 Å². The van der Waals surface area contributed by atoms with E-state index in [4.69, 9.17) is 39.0 Å². The minimum Gasteiger partial charge on any atom is -0.359 e. The average molecular weight is 263 g/mol. The largest absolute Gasteiger partial charge is 0.359 e. The third-order valence-electron chi connectivity index (χ3n) is 1.79. The number of allylic oxidation sites excluding steroid dienone is 1. The van der Waals surface area contributed by atoms with Gasteiger partial charge in [-0.15, -0.1) is 0 Å². The van der Waals surface area contributed by atoms with Gasteiger partial charge >= 0.3 is 0 Å². The monoisotopic (exact) mass is 262 g/mol. The van der Waals surface area contributed by atoms with Crippen LogP contribution in [0.4, 0.5) is 5.69 Å². The fraction of sp³-hybridized carbons (Fsp3) is 0. The number of nitriles is 3. The standard InChI is InChI=1S/C11H4Cl2N4/c12-9-1-8(5-16)11(2-10(9)13)17-6-7(3-14)4-15/h1-2,6,17H. The Morgan fingerprint density at radius 1 is 1.12 bits per heavy atom. The van der Waals surface area contributed by atoms with Crippen LogP contribution in [0.3, 0.4) is 0 Å². The first-order valence-electron chi connectivity index (χ1n) is 4.28. The van der Waals surface area contributed by atoms with Crippen molar-refractivity contribution in [1.29, 1.82) is 15.8 Å². The molecule has 0 radical (unpaired) electrons. The summed E-state index contributed by atoms with van der Waals surface area (Å²) in [5.41, 5.74) is 0.538. The summed E-state index contributed by atoms with van der Waals surface area (Å²) in [6.07, 6.45) is 1.19. The number of halogens is 2. The van der Waals surface area contributed by atoms with Crippen molar-refractivity contribution in [2.24, 2.45) is 0 Å². The SMILES string of the molecule is N#CC(C#N)=CNc1cc(Cl)c(Cl)cc1C#N. The highest BCUT2D eigenvalue weighted by Gasteiger charge is 2.06. The van der Waals surface area contributed by atoms with Crippen LogP contribution in [0.5, 0.6) is 0 Å². The molecule has 1 aromatic rings. The maximum atomic E-state index is 8.87. The predicted molar refractivity (Wildman–Crippen MR) is 64.1 cm³/mol. The maximum Gasteiger partial charge on any atom is 0.145 e. The molecule has 0 heterocycles. The highest BCUT2D eigenvalue weighted by Crippen LogP contribution is 2.28. The minimum absolute atomic E-state index is 0.111. The van der Waals surface area contributed by atoms with E-state index in [9.17, 15) is 0 Å². The third-order valence-corrected chi connectivity index (χ3v) is 2.52. The van der Waals surface area contributed by atoms with Gasteiger partial charge in [0, 0.05) is 6.20 Å². The third kappa shape index (κ3) is 3.13. The van der Waals surface area contributed by atoms with Gasteiger partial charge in [0.05, 0.1) is 21.3 Å². The first kappa shape index (κ1) is 12.9. The van der Waals surface area contributed by atoms with Crippen LogP contribution in [-0.4, -0.2) is 0 Å². The first-order valence-corrected chi connectivity index (χ1v) is 5.04. The quantitative estimate of drug-likeness (QED) is 0.830. The molecule has 0 aliphatic rings. The Morgan fingerprint density at radius 3 is 2.24 bits per heavy atom.